The minimum absolute atomic E-state index is 0.245. The van der Waals surface area contributed by atoms with Crippen molar-refractivity contribution in [3.8, 4) is 11.5 Å². The third-order valence-electron chi connectivity index (χ3n) is 1.57. The molecule has 2 rings (SSSR count). The van der Waals surface area contributed by atoms with Crippen molar-refractivity contribution in [2.24, 2.45) is 0 Å². The molecule has 1 aromatic carbocycles. The highest BCUT2D eigenvalue weighted by atomic mass is 16.7. The summed E-state index contributed by atoms with van der Waals surface area (Å²) in [5, 5.41) is 0. The molecule has 0 radical (unpaired) electrons. The van der Waals surface area contributed by atoms with Crippen molar-refractivity contribution in [2.75, 3.05) is 13.9 Å². The molecule has 1 heterocycles. The molecule has 4 nitrogen and oxygen atoms in total. The van der Waals surface area contributed by atoms with Crippen LogP contribution in [-0.4, -0.2) is 19.9 Å². The first-order valence-electron chi connectivity index (χ1n) is 4.13. The van der Waals surface area contributed by atoms with Gasteiger partial charge in [-0.15, -0.1) is 0 Å². The van der Waals surface area contributed by atoms with Crippen molar-refractivity contribution < 1.29 is 19.0 Å². The standard InChI is InChI=1S/C7H6O2.C3H6O2/c1-2-4-7-6(3-1)8-5-9-7;1-3(4)5-2/h1-4H,5H2;1-2H3. The number of para-hydroxylation sites is 2. The third-order valence-corrected chi connectivity index (χ3v) is 1.57. The first-order chi connectivity index (χ1) is 6.74. The number of hydrogen-bond donors (Lipinski definition) is 0. The van der Waals surface area contributed by atoms with Gasteiger partial charge in [-0.05, 0) is 12.1 Å². The molecule has 1 aliphatic heterocycles. The van der Waals surface area contributed by atoms with Crippen LogP contribution >= 0.6 is 0 Å². The lowest BCUT2D eigenvalue weighted by atomic mass is 10.3. The number of ether oxygens (including phenoxy) is 3. The van der Waals surface area contributed by atoms with Crippen LogP contribution in [0.1, 0.15) is 6.92 Å². The summed E-state index contributed by atoms with van der Waals surface area (Å²) in [6.07, 6.45) is 0. The first kappa shape index (κ1) is 10.4. The Morgan fingerprint density at radius 3 is 2.07 bits per heavy atom. The molecule has 76 valence electrons. The highest BCUT2D eigenvalue weighted by molar-refractivity contribution is 5.65. The SMILES string of the molecule is COC(C)=O.c1ccc2c(c1)OCO2. The van der Waals surface area contributed by atoms with Crippen molar-refractivity contribution in [1.29, 1.82) is 0 Å². The van der Waals surface area contributed by atoms with Crippen LogP contribution in [0.5, 0.6) is 11.5 Å². The summed E-state index contributed by atoms with van der Waals surface area (Å²) < 4.78 is 14.3. The summed E-state index contributed by atoms with van der Waals surface area (Å²) in [4.78, 5) is 9.59. The molecule has 1 aliphatic rings. The summed E-state index contributed by atoms with van der Waals surface area (Å²) >= 11 is 0. The predicted octanol–water partition coefficient (Wildman–Crippen LogP) is 1.59. The lowest BCUT2D eigenvalue weighted by Crippen LogP contribution is -1.92. The highest BCUT2D eigenvalue weighted by Gasteiger charge is 2.09. The molecule has 0 aliphatic carbocycles. The minimum atomic E-state index is -0.245. The Bertz CT molecular complexity index is 286. The summed E-state index contributed by atoms with van der Waals surface area (Å²) in [5.41, 5.74) is 0. The van der Waals surface area contributed by atoms with Crippen LogP contribution in [-0.2, 0) is 9.53 Å². The van der Waals surface area contributed by atoms with E-state index >= 15 is 0 Å². The van der Waals surface area contributed by atoms with E-state index in [4.69, 9.17) is 9.47 Å². The molecule has 1 aromatic rings. The van der Waals surface area contributed by atoms with Gasteiger partial charge in [0.05, 0.1) is 7.11 Å². The lowest BCUT2D eigenvalue weighted by molar-refractivity contribution is -0.137. The van der Waals surface area contributed by atoms with Gasteiger partial charge >= 0.3 is 5.97 Å². The van der Waals surface area contributed by atoms with Gasteiger partial charge in [-0.2, -0.15) is 0 Å². The number of fused-ring (bicyclic) bond motifs is 1. The number of hydrogen-bond acceptors (Lipinski definition) is 4. The Balaban J connectivity index is 0.000000171. The molecular formula is C10H12O4. The molecular weight excluding hydrogens is 184 g/mol. The average Bonchev–Trinajstić information content (AvgIpc) is 2.66. The Morgan fingerprint density at radius 1 is 1.29 bits per heavy atom. The van der Waals surface area contributed by atoms with Crippen molar-refractivity contribution in [3.05, 3.63) is 24.3 Å². The first-order valence-corrected chi connectivity index (χ1v) is 4.13. The molecule has 0 N–H and O–H groups in total. The van der Waals surface area contributed by atoms with E-state index < -0.39 is 0 Å². The molecule has 4 heteroatoms. The molecule has 0 amide bonds. The fourth-order valence-electron chi connectivity index (χ4n) is 0.845. The van der Waals surface area contributed by atoms with Crippen LogP contribution in [0.4, 0.5) is 0 Å². The van der Waals surface area contributed by atoms with Crippen LogP contribution in [0.2, 0.25) is 0 Å². The van der Waals surface area contributed by atoms with Gasteiger partial charge in [0, 0.05) is 6.92 Å². The Hall–Kier alpha value is -1.71. The number of carbonyl (C=O) groups is 1. The quantitative estimate of drug-likeness (QED) is 0.591. The van der Waals surface area contributed by atoms with E-state index in [2.05, 4.69) is 4.74 Å². The second kappa shape index (κ2) is 5.11. The fraction of sp³-hybridized carbons (Fsp3) is 0.300. The second-order valence-electron chi connectivity index (χ2n) is 2.55. The number of carbonyl (C=O) groups excluding carboxylic acids is 1. The van der Waals surface area contributed by atoms with E-state index in [1.807, 2.05) is 24.3 Å². The molecule has 0 atom stereocenters. The largest absolute Gasteiger partial charge is 0.469 e. The van der Waals surface area contributed by atoms with E-state index in [1.54, 1.807) is 0 Å². The van der Waals surface area contributed by atoms with E-state index in [0.29, 0.717) is 6.79 Å². The summed E-state index contributed by atoms with van der Waals surface area (Å²) in [6.45, 7) is 1.72. The molecule has 0 spiro atoms. The molecule has 0 aromatic heterocycles. The van der Waals surface area contributed by atoms with Gasteiger partial charge in [-0.1, -0.05) is 12.1 Å². The molecule has 0 saturated carbocycles. The zero-order chi connectivity index (χ0) is 10.4. The molecule has 0 unspecified atom stereocenters. The van der Waals surface area contributed by atoms with Crippen LogP contribution in [0.25, 0.3) is 0 Å². The van der Waals surface area contributed by atoms with Crippen LogP contribution < -0.4 is 9.47 Å². The topological polar surface area (TPSA) is 44.8 Å². The Labute approximate surface area is 82.4 Å². The van der Waals surface area contributed by atoms with E-state index in [0.717, 1.165) is 11.5 Å². The van der Waals surface area contributed by atoms with E-state index in [1.165, 1.54) is 14.0 Å². The van der Waals surface area contributed by atoms with Gasteiger partial charge in [0.2, 0.25) is 6.79 Å². The number of benzene rings is 1. The number of esters is 1. The fourth-order valence-corrected chi connectivity index (χ4v) is 0.845. The number of methoxy groups -OCH3 is 1. The maximum atomic E-state index is 9.59. The van der Waals surface area contributed by atoms with Crippen LogP contribution in [0.3, 0.4) is 0 Å². The zero-order valence-electron chi connectivity index (χ0n) is 8.15. The van der Waals surface area contributed by atoms with Crippen molar-refractivity contribution in [2.45, 2.75) is 6.92 Å². The third kappa shape index (κ3) is 2.97. The highest BCUT2D eigenvalue weighted by Crippen LogP contribution is 2.30. The molecule has 0 fully saturated rings. The zero-order valence-corrected chi connectivity index (χ0v) is 8.15. The minimum Gasteiger partial charge on any atom is -0.469 e. The summed E-state index contributed by atoms with van der Waals surface area (Å²) in [5.74, 6) is 1.44. The lowest BCUT2D eigenvalue weighted by Gasteiger charge is -1.89. The van der Waals surface area contributed by atoms with Gasteiger partial charge in [0.1, 0.15) is 0 Å². The maximum Gasteiger partial charge on any atom is 0.302 e. The van der Waals surface area contributed by atoms with Crippen molar-refractivity contribution in [3.63, 3.8) is 0 Å². The van der Waals surface area contributed by atoms with Crippen LogP contribution in [0.15, 0.2) is 24.3 Å². The maximum absolute atomic E-state index is 9.59. The Morgan fingerprint density at radius 2 is 1.71 bits per heavy atom. The van der Waals surface area contributed by atoms with Gasteiger partial charge in [-0.25, -0.2) is 0 Å². The van der Waals surface area contributed by atoms with E-state index in [9.17, 15) is 4.79 Å². The second-order valence-corrected chi connectivity index (χ2v) is 2.55. The number of rotatable bonds is 0. The molecule has 0 bridgehead atoms. The smallest absolute Gasteiger partial charge is 0.302 e. The normalized spacial score (nSPS) is 11.3. The predicted molar refractivity (Wildman–Crippen MR) is 50.3 cm³/mol. The van der Waals surface area contributed by atoms with E-state index in [-0.39, 0.29) is 5.97 Å². The van der Waals surface area contributed by atoms with Crippen molar-refractivity contribution in [1.82, 2.24) is 0 Å². The average molecular weight is 196 g/mol. The van der Waals surface area contributed by atoms with Crippen LogP contribution in [0, 0.1) is 0 Å². The monoisotopic (exact) mass is 196 g/mol. The molecule has 0 saturated heterocycles. The van der Waals surface area contributed by atoms with Gasteiger partial charge in [0.25, 0.3) is 0 Å². The van der Waals surface area contributed by atoms with Gasteiger partial charge in [0.15, 0.2) is 11.5 Å². The molecule has 14 heavy (non-hydrogen) atoms. The van der Waals surface area contributed by atoms with Gasteiger partial charge < -0.3 is 14.2 Å². The van der Waals surface area contributed by atoms with Gasteiger partial charge in [-0.3, -0.25) is 4.79 Å². The van der Waals surface area contributed by atoms with Crippen molar-refractivity contribution >= 4 is 5.97 Å². The summed E-state index contributed by atoms with van der Waals surface area (Å²) in [7, 11) is 1.35. The Kier molecular flexibility index (Phi) is 3.79. The summed E-state index contributed by atoms with van der Waals surface area (Å²) in [6, 6.07) is 7.63.